The van der Waals surface area contributed by atoms with Crippen LogP contribution in [0.3, 0.4) is 0 Å². The van der Waals surface area contributed by atoms with Gasteiger partial charge in [0.25, 0.3) is 11.8 Å². The van der Waals surface area contributed by atoms with Crippen molar-refractivity contribution in [1.82, 2.24) is 20.1 Å². The topological polar surface area (TPSA) is 120 Å². The van der Waals surface area contributed by atoms with Crippen molar-refractivity contribution in [2.45, 2.75) is 19.0 Å². The van der Waals surface area contributed by atoms with Crippen LogP contribution >= 0.6 is 11.3 Å². The smallest absolute Gasteiger partial charge is 0.333 e. The minimum atomic E-state index is -2.99. The van der Waals surface area contributed by atoms with Gasteiger partial charge in [-0.05, 0) is 11.6 Å². The molecule has 0 radical (unpaired) electrons. The number of hydrogen-bond acceptors (Lipinski definition) is 6. The van der Waals surface area contributed by atoms with E-state index in [9.17, 15) is 23.2 Å². The number of alkyl halides is 2. The van der Waals surface area contributed by atoms with Gasteiger partial charge in [0, 0.05) is 18.2 Å². The summed E-state index contributed by atoms with van der Waals surface area (Å²) in [4.78, 5) is 41.3. The predicted octanol–water partition coefficient (Wildman–Crippen LogP) is 2.95. The summed E-state index contributed by atoms with van der Waals surface area (Å²) in [6.07, 6.45) is 0.903. The van der Waals surface area contributed by atoms with E-state index in [1.807, 2.05) is 0 Å². The molecule has 0 saturated carbocycles. The van der Waals surface area contributed by atoms with E-state index in [2.05, 4.69) is 15.4 Å². The molecular weight excluding hydrogens is 452 g/mol. The number of amides is 2. The fourth-order valence-corrected chi connectivity index (χ4v) is 4.20. The molecule has 0 aliphatic heterocycles. The van der Waals surface area contributed by atoms with Crippen LogP contribution in [0.15, 0.2) is 60.2 Å². The number of nitrogens with zero attached hydrogens (tertiary/aromatic N) is 3. The Kier molecular flexibility index (Phi) is 6.22. The number of rotatable bonds is 8. The molecule has 0 spiro atoms. The van der Waals surface area contributed by atoms with Gasteiger partial charge in [-0.2, -0.15) is 13.9 Å². The number of ketones is 1. The summed E-state index contributed by atoms with van der Waals surface area (Å²) in [6.45, 7) is -2.99. The molecule has 2 heterocycles. The highest BCUT2D eigenvalue weighted by molar-refractivity contribution is 7.17. The van der Waals surface area contributed by atoms with Crippen LogP contribution in [0.25, 0.3) is 21.5 Å². The van der Waals surface area contributed by atoms with Gasteiger partial charge in [0.05, 0.1) is 21.3 Å². The highest BCUT2D eigenvalue weighted by Gasteiger charge is 2.29. The summed E-state index contributed by atoms with van der Waals surface area (Å²) in [5, 5.41) is 6.38. The minimum absolute atomic E-state index is 0.00288. The maximum Gasteiger partial charge on any atom is 0.333 e. The molecule has 2 aromatic carbocycles. The molecule has 33 heavy (non-hydrogen) atoms. The molecule has 0 aliphatic carbocycles. The van der Waals surface area contributed by atoms with Crippen molar-refractivity contribution in [2.24, 2.45) is 5.73 Å². The normalized spacial score (nSPS) is 12.1. The second-order valence-corrected chi connectivity index (χ2v) is 7.95. The van der Waals surface area contributed by atoms with Gasteiger partial charge in [-0.25, -0.2) is 9.67 Å². The number of Topliss-reactive ketones (excluding diaryl/α,β-unsaturated/α-hetero) is 1. The van der Waals surface area contributed by atoms with E-state index >= 15 is 0 Å². The Labute approximate surface area is 190 Å². The van der Waals surface area contributed by atoms with Crippen LogP contribution in [0.2, 0.25) is 0 Å². The van der Waals surface area contributed by atoms with E-state index in [1.54, 1.807) is 54.0 Å². The van der Waals surface area contributed by atoms with E-state index in [0.29, 0.717) is 26.0 Å². The lowest BCUT2D eigenvalue weighted by Gasteiger charge is -2.16. The van der Waals surface area contributed by atoms with Crippen molar-refractivity contribution in [2.75, 3.05) is 0 Å². The zero-order valence-corrected chi connectivity index (χ0v) is 17.8. The van der Waals surface area contributed by atoms with E-state index < -0.39 is 30.2 Å². The molecule has 4 aromatic rings. The average Bonchev–Trinajstić information content (AvgIpc) is 3.46. The van der Waals surface area contributed by atoms with Crippen LogP contribution in [-0.2, 0) is 16.0 Å². The van der Waals surface area contributed by atoms with E-state index in [-0.39, 0.29) is 17.7 Å². The number of thiazole rings is 1. The molecule has 0 aliphatic rings. The first-order chi connectivity index (χ1) is 15.8. The minimum Gasteiger partial charge on any atom is -0.363 e. The number of aromatic nitrogens is 3. The van der Waals surface area contributed by atoms with Gasteiger partial charge in [0.2, 0.25) is 5.78 Å². The van der Waals surface area contributed by atoms with Crippen molar-refractivity contribution in [3.63, 3.8) is 0 Å². The molecule has 1 unspecified atom stereocenters. The largest absolute Gasteiger partial charge is 0.363 e. The number of nitrogens with one attached hydrogen (secondary N) is 1. The number of benzene rings is 2. The molecule has 11 heteroatoms. The maximum atomic E-state index is 13.4. The Morgan fingerprint density at radius 1 is 1.09 bits per heavy atom. The quantitative estimate of drug-likeness (QED) is 0.385. The highest BCUT2D eigenvalue weighted by Crippen LogP contribution is 2.33. The van der Waals surface area contributed by atoms with Crippen molar-refractivity contribution in [3.8, 4) is 11.3 Å². The lowest BCUT2D eigenvalue weighted by molar-refractivity contribution is -0.137. The Morgan fingerprint density at radius 2 is 1.85 bits per heavy atom. The summed E-state index contributed by atoms with van der Waals surface area (Å²) in [7, 11) is 0. The lowest BCUT2D eigenvalue weighted by Crippen LogP contribution is -2.47. The molecule has 0 saturated heterocycles. The first-order valence-corrected chi connectivity index (χ1v) is 10.6. The van der Waals surface area contributed by atoms with E-state index in [4.69, 9.17) is 5.73 Å². The van der Waals surface area contributed by atoms with Gasteiger partial charge in [-0.1, -0.05) is 42.5 Å². The Bertz CT molecular complexity index is 1340. The number of carbonyl (C=O) groups is 3. The third-order valence-electron chi connectivity index (χ3n) is 4.94. The maximum absolute atomic E-state index is 13.4. The molecule has 168 valence electrons. The third kappa shape index (κ3) is 4.62. The van der Waals surface area contributed by atoms with Gasteiger partial charge in [-0.3, -0.25) is 14.4 Å². The second kappa shape index (κ2) is 9.25. The summed E-state index contributed by atoms with van der Waals surface area (Å²) in [6, 6.07) is 12.5. The SMILES string of the molecule is NC(=O)C(=O)C(Cc1ccccc1)NC(=O)c1cn(C(F)F)nc1-c1cccc2ncsc12. The number of halogens is 2. The molecule has 1 atom stereocenters. The summed E-state index contributed by atoms with van der Waals surface area (Å²) >= 11 is 1.28. The zero-order valence-electron chi connectivity index (χ0n) is 16.9. The molecule has 2 amide bonds. The highest BCUT2D eigenvalue weighted by atomic mass is 32.1. The number of fused-ring (bicyclic) bond motifs is 1. The van der Waals surface area contributed by atoms with Crippen molar-refractivity contribution < 1.29 is 23.2 Å². The monoisotopic (exact) mass is 469 g/mol. The van der Waals surface area contributed by atoms with Crippen LogP contribution in [0.1, 0.15) is 22.5 Å². The van der Waals surface area contributed by atoms with Gasteiger partial charge in [0.15, 0.2) is 0 Å². The van der Waals surface area contributed by atoms with Crippen molar-refractivity contribution in [3.05, 3.63) is 71.4 Å². The van der Waals surface area contributed by atoms with E-state index in [0.717, 1.165) is 6.20 Å². The Hall–Kier alpha value is -3.99. The standard InChI is InChI=1S/C22H17F2N5O3S/c23-22(24)29-10-14(17(28-29)13-7-4-8-15-19(13)33-11-26-15)21(32)27-16(18(30)20(25)31)9-12-5-2-1-3-6-12/h1-8,10-11,16,22H,9H2,(H2,25,31)(H,27,32). The molecule has 2 aromatic heterocycles. The number of carbonyl (C=O) groups excluding carboxylic acids is 3. The first kappa shape index (κ1) is 22.2. The number of primary amides is 1. The summed E-state index contributed by atoms with van der Waals surface area (Å²) in [5.41, 5.74) is 8.34. The molecule has 0 fully saturated rings. The van der Waals surface area contributed by atoms with E-state index in [1.165, 1.54) is 11.3 Å². The van der Waals surface area contributed by atoms with Gasteiger partial charge < -0.3 is 11.1 Å². The Morgan fingerprint density at radius 3 is 2.55 bits per heavy atom. The van der Waals surface area contributed by atoms with Crippen LogP contribution in [0.4, 0.5) is 8.78 Å². The molecule has 4 rings (SSSR count). The van der Waals surface area contributed by atoms with Crippen LogP contribution in [-0.4, -0.2) is 38.4 Å². The summed E-state index contributed by atoms with van der Waals surface area (Å²) in [5.74, 6) is -3.05. The van der Waals surface area contributed by atoms with Crippen LogP contribution in [0, 0.1) is 0 Å². The molecular formula is C22H17F2N5O3S. The van der Waals surface area contributed by atoms with Gasteiger partial charge in [0.1, 0.15) is 11.7 Å². The van der Waals surface area contributed by atoms with Gasteiger partial charge in [-0.15, -0.1) is 11.3 Å². The third-order valence-corrected chi connectivity index (χ3v) is 5.81. The predicted molar refractivity (Wildman–Crippen MR) is 118 cm³/mol. The fourth-order valence-electron chi connectivity index (χ4n) is 3.40. The number of nitrogens with two attached hydrogens (primary N) is 1. The van der Waals surface area contributed by atoms with Gasteiger partial charge >= 0.3 is 6.55 Å². The second-order valence-electron chi connectivity index (χ2n) is 7.10. The summed E-state index contributed by atoms with van der Waals surface area (Å²) < 4.78 is 27.9. The first-order valence-electron chi connectivity index (χ1n) is 9.73. The molecule has 0 bridgehead atoms. The number of hydrogen-bond donors (Lipinski definition) is 2. The zero-order chi connectivity index (χ0) is 23.5. The van der Waals surface area contributed by atoms with Crippen LogP contribution in [0.5, 0.6) is 0 Å². The average molecular weight is 469 g/mol. The van der Waals surface area contributed by atoms with Crippen molar-refractivity contribution >= 4 is 39.2 Å². The van der Waals surface area contributed by atoms with Crippen LogP contribution < -0.4 is 11.1 Å². The Balaban J connectivity index is 1.72. The molecule has 8 nitrogen and oxygen atoms in total. The fraction of sp³-hybridized carbons (Fsp3) is 0.136. The lowest BCUT2D eigenvalue weighted by atomic mass is 10.0. The van der Waals surface area contributed by atoms with Crippen molar-refractivity contribution in [1.29, 1.82) is 0 Å². The molecule has 3 N–H and O–H groups in total.